The van der Waals surface area contributed by atoms with Gasteiger partial charge in [0.2, 0.25) is 5.75 Å². The van der Waals surface area contributed by atoms with Crippen LogP contribution < -0.4 is 24.3 Å². The number of aliphatic carboxylic acids is 1. The average Bonchev–Trinajstić information content (AvgIpc) is 1.31. The number of unbranched alkanes of at least 4 members (excludes halogenated alkanes) is 10. The van der Waals surface area contributed by atoms with Gasteiger partial charge in [0.1, 0.15) is 32.2 Å². The third-order valence-corrected chi connectivity index (χ3v) is 14.3. The van der Waals surface area contributed by atoms with E-state index in [1.54, 1.807) is 26.4 Å². The number of carboxylic acids is 1. The number of ether oxygens (including phenoxy) is 17. The van der Waals surface area contributed by atoms with Crippen LogP contribution in [0.3, 0.4) is 0 Å². The molecule has 518 valence electrons. The summed E-state index contributed by atoms with van der Waals surface area (Å²) >= 11 is 0. The monoisotopic (exact) mass is 1280 g/mol. The number of rotatable bonds is 63. The minimum absolute atomic E-state index is 0.0207. The topological polar surface area (TPSA) is 257 Å². The highest BCUT2D eigenvalue weighted by Crippen LogP contribution is 2.40. The van der Waals surface area contributed by atoms with Crippen molar-refractivity contribution >= 4 is 23.8 Å². The molecule has 23 nitrogen and oxygen atoms in total. The number of carbonyl (C=O) groups excluding carboxylic acids is 3. The molecule has 2 rings (SSSR count). The predicted octanol–water partition coefficient (Wildman–Crippen LogP) is 10.2. The highest BCUT2D eigenvalue weighted by Gasteiger charge is 2.32. The van der Waals surface area contributed by atoms with E-state index in [1.807, 2.05) is 13.8 Å². The summed E-state index contributed by atoms with van der Waals surface area (Å²) in [6, 6.07) is 7.66. The van der Waals surface area contributed by atoms with Crippen molar-refractivity contribution in [2.24, 2.45) is 5.41 Å². The molecule has 90 heavy (non-hydrogen) atoms. The van der Waals surface area contributed by atoms with E-state index in [0.29, 0.717) is 106 Å². The molecule has 1 amide bonds. The molecule has 0 saturated carbocycles. The van der Waals surface area contributed by atoms with E-state index in [-0.39, 0.29) is 124 Å². The lowest BCUT2D eigenvalue weighted by atomic mass is 9.89. The van der Waals surface area contributed by atoms with Gasteiger partial charge < -0.3 is 90.9 Å². The lowest BCUT2D eigenvalue weighted by molar-refractivity contribution is -0.138. The summed E-state index contributed by atoms with van der Waals surface area (Å²) in [7, 11) is 3.23. The Morgan fingerprint density at radius 3 is 1.30 bits per heavy atom. The van der Waals surface area contributed by atoms with Crippen molar-refractivity contribution in [1.82, 2.24) is 5.32 Å². The number of amides is 1. The van der Waals surface area contributed by atoms with E-state index in [1.165, 1.54) is 31.0 Å². The van der Waals surface area contributed by atoms with Gasteiger partial charge in [-0.1, -0.05) is 98.8 Å². The molecule has 0 heterocycles. The maximum atomic E-state index is 14.2. The largest absolute Gasteiger partial charge is 0.492 e. The van der Waals surface area contributed by atoms with E-state index < -0.39 is 29.4 Å². The van der Waals surface area contributed by atoms with E-state index in [0.717, 1.165) is 70.6 Å². The van der Waals surface area contributed by atoms with E-state index in [9.17, 15) is 19.2 Å². The second kappa shape index (κ2) is 53.6. The second-order valence-electron chi connectivity index (χ2n) is 22.2. The second-order valence-corrected chi connectivity index (χ2v) is 22.2. The molecule has 23 heteroatoms. The van der Waals surface area contributed by atoms with Gasteiger partial charge in [0, 0.05) is 25.2 Å². The first-order chi connectivity index (χ1) is 43.8. The van der Waals surface area contributed by atoms with Crippen molar-refractivity contribution in [2.75, 3.05) is 186 Å². The normalized spacial score (nSPS) is 12.7. The van der Waals surface area contributed by atoms with Crippen LogP contribution in [0.4, 0.5) is 0 Å². The predicted molar refractivity (Wildman–Crippen MR) is 340 cm³/mol. The fourth-order valence-electron chi connectivity index (χ4n) is 8.23. The fraction of sp³-hybridized carbons (Fsp3) is 0.761. The Morgan fingerprint density at radius 1 is 0.422 bits per heavy atom. The number of esters is 2. The number of methoxy groups -OCH3 is 2. The summed E-state index contributed by atoms with van der Waals surface area (Å²) in [5.41, 5.74) is -0.710. The zero-order valence-electron chi connectivity index (χ0n) is 55.9. The minimum atomic E-state index is -0.921. The van der Waals surface area contributed by atoms with Crippen molar-refractivity contribution in [2.45, 2.75) is 143 Å². The van der Waals surface area contributed by atoms with Crippen LogP contribution in [-0.4, -0.2) is 220 Å². The first kappa shape index (κ1) is 81.2. The third-order valence-electron chi connectivity index (χ3n) is 14.3. The van der Waals surface area contributed by atoms with Crippen molar-refractivity contribution in [3.05, 3.63) is 47.0 Å². The van der Waals surface area contributed by atoms with E-state index in [4.69, 9.17) is 85.6 Å². The molecule has 0 aromatic heterocycles. The molecule has 0 bridgehead atoms. The van der Waals surface area contributed by atoms with Gasteiger partial charge in [0.05, 0.1) is 168 Å². The van der Waals surface area contributed by atoms with Gasteiger partial charge >= 0.3 is 17.9 Å². The molecule has 0 radical (unpaired) electrons. The van der Waals surface area contributed by atoms with Crippen LogP contribution in [0.25, 0.3) is 0 Å². The molecular formula is C67H113NO22. The number of carboxylic acid groups (broad SMARTS) is 1. The van der Waals surface area contributed by atoms with Gasteiger partial charge in [-0.05, 0) is 62.9 Å². The number of benzene rings is 2. The van der Waals surface area contributed by atoms with E-state index >= 15 is 0 Å². The highest BCUT2D eigenvalue weighted by atomic mass is 16.6. The van der Waals surface area contributed by atoms with Crippen LogP contribution in [0.2, 0.25) is 0 Å². The maximum absolute atomic E-state index is 14.2. The molecule has 2 unspecified atom stereocenters. The summed E-state index contributed by atoms with van der Waals surface area (Å²) in [6.45, 7) is 19.7. The summed E-state index contributed by atoms with van der Waals surface area (Å²) in [5, 5.41) is 11.8. The number of carbonyl (C=O) groups is 4. The van der Waals surface area contributed by atoms with Gasteiger partial charge in [-0.2, -0.15) is 0 Å². The molecular weight excluding hydrogens is 1170 g/mol. The molecule has 0 saturated heterocycles. The van der Waals surface area contributed by atoms with Gasteiger partial charge in [-0.3, -0.25) is 9.59 Å². The SMILES string of the molecule is CCCCCCCCOC(=O)c1cc(OCCNC(=O)c2cc(OCCOCCOCCOCCOC)c(OCC(C)(CC)OCC(C)(CC)COCCOCCC(=O)O)c(OCCOCCOCCOCCOC)c2)cc(C(=O)OCCCCCCCC)c1. The first-order valence-corrected chi connectivity index (χ1v) is 32.7. The van der Waals surface area contributed by atoms with Crippen molar-refractivity contribution in [3.8, 4) is 23.0 Å². The Labute approximate surface area is 536 Å². The molecule has 0 spiro atoms. The molecule has 0 fully saturated rings. The highest BCUT2D eigenvalue weighted by molar-refractivity contribution is 5.96. The minimum Gasteiger partial charge on any atom is -0.492 e. The van der Waals surface area contributed by atoms with E-state index in [2.05, 4.69) is 33.0 Å². The summed E-state index contributed by atoms with van der Waals surface area (Å²) in [4.78, 5) is 51.9. The fourth-order valence-corrected chi connectivity index (χ4v) is 8.23. The number of hydrogen-bond acceptors (Lipinski definition) is 21. The molecule has 0 aliphatic rings. The van der Waals surface area contributed by atoms with Crippen LogP contribution in [0.1, 0.15) is 169 Å². The Morgan fingerprint density at radius 2 is 0.856 bits per heavy atom. The van der Waals surface area contributed by atoms with Crippen LogP contribution in [0, 0.1) is 5.41 Å². The average molecular weight is 1280 g/mol. The van der Waals surface area contributed by atoms with Gasteiger partial charge in [-0.25, -0.2) is 9.59 Å². The maximum Gasteiger partial charge on any atom is 0.338 e. The Balaban J connectivity index is 2.40. The van der Waals surface area contributed by atoms with Gasteiger partial charge in [-0.15, -0.1) is 0 Å². The molecule has 2 aromatic rings. The summed E-state index contributed by atoms with van der Waals surface area (Å²) in [6.07, 6.45) is 13.6. The zero-order valence-corrected chi connectivity index (χ0v) is 55.9. The molecule has 2 aromatic carbocycles. The Hall–Kier alpha value is -4.92. The Bertz CT molecular complexity index is 2050. The van der Waals surface area contributed by atoms with Crippen molar-refractivity contribution in [1.29, 1.82) is 0 Å². The quantitative estimate of drug-likeness (QED) is 0.0461. The van der Waals surface area contributed by atoms with Crippen LogP contribution in [0.5, 0.6) is 23.0 Å². The lowest BCUT2D eigenvalue weighted by Gasteiger charge is -2.35. The first-order valence-electron chi connectivity index (χ1n) is 32.7. The smallest absolute Gasteiger partial charge is 0.338 e. The summed E-state index contributed by atoms with van der Waals surface area (Å²) < 4.78 is 98.8. The van der Waals surface area contributed by atoms with Crippen molar-refractivity contribution in [3.63, 3.8) is 0 Å². The standard InChI is InChI=1S/C67H113NO22/c1-9-13-15-17-19-21-25-87-64(72)56-47-57(65(73)88-26-22-20-18-16-14-10-2)49-58(48-56)84-28-24-68-63(71)55-50-59(85-45-43-81-39-37-79-35-33-77-31-29-74-7)62(60(51-55)86-46-44-82-40-38-80-36-34-78-32-30-75-8)89-54-67(6,12-4)90-53-66(5,11-3)52-83-42-41-76-27-23-61(69)70/h47-51H,9-46,52-54H2,1-8H3,(H,68,71)(H,69,70). The number of hydrogen-bond donors (Lipinski definition) is 2. The lowest BCUT2D eigenvalue weighted by Crippen LogP contribution is -2.40. The number of nitrogens with one attached hydrogen (secondary N) is 1. The van der Waals surface area contributed by atoms with Gasteiger partial charge in [0.15, 0.2) is 11.5 Å². The zero-order chi connectivity index (χ0) is 65.6. The van der Waals surface area contributed by atoms with Crippen molar-refractivity contribution < 1.29 is 105 Å². The van der Waals surface area contributed by atoms with Gasteiger partial charge in [0.25, 0.3) is 5.91 Å². The van der Waals surface area contributed by atoms with Crippen LogP contribution >= 0.6 is 0 Å². The third kappa shape index (κ3) is 40.1. The Kier molecular flexibility index (Phi) is 48.3. The molecule has 2 N–H and O–H groups in total. The molecule has 2 atom stereocenters. The molecule has 0 aliphatic heterocycles. The van der Waals surface area contributed by atoms with Crippen LogP contribution in [0.15, 0.2) is 30.3 Å². The van der Waals surface area contributed by atoms with Crippen LogP contribution in [-0.2, 0) is 66.4 Å². The summed E-state index contributed by atoms with van der Waals surface area (Å²) in [5.74, 6) is -1.70. The molecule has 0 aliphatic carbocycles.